The molecule has 0 aliphatic heterocycles. The number of aliphatic carboxylic acids is 1. The molecule has 164 valence electrons. The van der Waals surface area contributed by atoms with Crippen LogP contribution >= 0.6 is 0 Å². The number of nitrogens with one attached hydrogen (secondary N) is 1. The van der Waals surface area contributed by atoms with E-state index in [0.717, 1.165) is 27.7 Å². The first-order valence-corrected chi connectivity index (χ1v) is 10.1. The summed E-state index contributed by atoms with van der Waals surface area (Å²) in [6, 6.07) is 13.1. The molecule has 0 spiro atoms. The van der Waals surface area contributed by atoms with Gasteiger partial charge < -0.3 is 24.5 Å². The van der Waals surface area contributed by atoms with Gasteiger partial charge in [-0.2, -0.15) is 0 Å². The number of carboxylic acid groups (broad SMARTS) is 1. The van der Waals surface area contributed by atoms with E-state index in [0.29, 0.717) is 0 Å². The standard InChI is InChI=1S/C23H27N3O5/c1-15(2)31-21(22(27)28)11-16-5-4-6-17(9-16)12-24-23(29)30-13-18-7-8-19-20(10-18)26(3)14-25-19/h4-10,14-15,21H,11-13H2,1-3H3,(H,24,29)(H,27,28). The number of hydrogen-bond acceptors (Lipinski definition) is 5. The Morgan fingerprint density at radius 1 is 1.13 bits per heavy atom. The lowest BCUT2D eigenvalue weighted by Crippen LogP contribution is -2.29. The van der Waals surface area contributed by atoms with Gasteiger partial charge in [0.05, 0.1) is 23.5 Å². The van der Waals surface area contributed by atoms with Crippen LogP contribution in [0.15, 0.2) is 48.8 Å². The molecule has 8 heteroatoms. The molecule has 0 aliphatic rings. The second kappa shape index (κ2) is 10.1. The van der Waals surface area contributed by atoms with Crippen molar-refractivity contribution in [3.63, 3.8) is 0 Å². The van der Waals surface area contributed by atoms with Crippen LogP contribution in [-0.2, 0) is 40.9 Å². The molecule has 8 nitrogen and oxygen atoms in total. The number of ether oxygens (including phenoxy) is 2. The second-order valence-electron chi connectivity index (χ2n) is 7.64. The highest BCUT2D eigenvalue weighted by molar-refractivity contribution is 5.76. The fraction of sp³-hybridized carbons (Fsp3) is 0.348. The van der Waals surface area contributed by atoms with Gasteiger partial charge >= 0.3 is 12.1 Å². The Kier molecular flexibility index (Phi) is 7.25. The molecule has 0 saturated heterocycles. The Balaban J connectivity index is 1.52. The van der Waals surface area contributed by atoms with Crippen LogP contribution in [0.4, 0.5) is 4.79 Å². The fourth-order valence-corrected chi connectivity index (χ4v) is 3.24. The summed E-state index contributed by atoms with van der Waals surface area (Å²) >= 11 is 0. The molecule has 2 N–H and O–H groups in total. The summed E-state index contributed by atoms with van der Waals surface area (Å²) in [5.41, 5.74) is 4.40. The number of nitrogens with zero attached hydrogens (tertiary/aromatic N) is 2. The van der Waals surface area contributed by atoms with E-state index in [1.165, 1.54) is 0 Å². The van der Waals surface area contributed by atoms with Crippen molar-refractivity contribution in [2.24, 2.45) is 7.05 Å². The van der Waals surface area contributed by atoms with E-state index in [4.69, 9.17) is 9.47 Å². The van der Waals surface area contributed by atoms with Crippen molar-refractivity contribution in [1.82, 2.24) is 14.9 Å². The zero-order valence-electron chi connectivity index (χ0n) is 17.9. The van der Waals surface area contributed by atoms with Gasteiger partial charge in [-0.3, -0.25) is 0 Å². The summed E-state index contributed by atoms with van der Waals surface area (Å²) in [6.45, 7) is 4.03. The van der Waals surface area contributed by atoms with Gasteiger partial charge in [0, 0.05) is 20.0 Å². The Bertz CT molecular complexity index is 1060. The molecule has 0 radical (unpaired) electrons. The molecule has 0 saturated carbocycles. The van der Waals surface area contributed by atoms with Gasteiger partial charge in [-0.1, -0.05) is 30.3 Å². The largest absolute Gasteiger partial charge is 0.479 e. The smallest absolute Gasteiger partial charge is 0.407 e. The Hall–Kier alpha value is -3.39. The summed E-state index contributed by atoms with van der Waals surface area (Å²) in [5.74, 6) is -0.995. The molecule has 31 heavy (non-hydrogen) atoms. The van der Waals surface area contributed by atoms with E-state index >= 15 is 0 Å². The van der Waals surface area contributed by atoms with Gasteiger partial charge in [-0.25, -0.2) is 14.6 Å². The monoisotopic (exact) mass is 425 g/mol. The van der Waals surface area contributed by atoms with Crippen LogP contribution < -0.4 is 5.32 Å². The molecule has 1 atom stereocenters. The second-order valence-corrected chi connectivity index (χ2v) is 7.64. The van der Waals surface area contributed by atoms with Crippen molar-refractivity contribution in [3.8, 4) is 0 Å². The molecule has 3 aromatic rings. The van der Waals surface area contributed by atoms with E-state index in [9.17, 15) is 14.7 Å². The van der Waals surface area contributed by atoms with E-state index in [1.54, 1.807) is 20.2 Å². The maximum atomic E-state index is 12.1. The van der Waals surface area contributed by atoms with Crippen LogP contribution in [0.2, 0.25) is 0 Å². The molecule has 0 fully saturated rings. The van der Waals surface area contributed by atoms with Gasteiger partial charge in [-0.15, -0.1) is 0 Å². The average Bonchev–Trinajstić information content (AvgIpc) is 3.10. The third-order valence-electron chi connectivity index (χ3n) is 4.72. The minimum Gasteiger partial charge on any atom is -0.479 e. The lowest BCUT2D eigenvalue weighted by molar-refractivity contribution is -0.153. The minimum atomic E-state index is -0.995. The van der Waals surface area contributed by atoms with Gasteiger partial charge in [-0.05, 0) is 42.7 Å². The molecular weight excluding hydrogens is 398 g/mol. The van der Waals surface area contributed by atoms with Crippen LogP contribution in [-0.4, -0.2) is 38.9 Å². The highest BCUT2D eigenvalue weighted by Crippen LogP contribution is 2.15. The minimum absolute atomic E-state index is 0.153. The van der Waals surface area contributed by atoms with Gasteiger partial charge in [0.1, 0.15) is 6.61 Å². The van der Waals surface area contributed by atoms with E-state index in [-0.39, 0.29) is 25.7 Å². The normalized spacial score (nSPS) is 12.1. The first-order chi connectivity index (χ1) is 14.8. The van der Waals surface area contributed by atoms with Crippen LogP contribution in [0.25, 0.3) is 11.0 Å². The van der Waals surface area contributed by atoms with Crippen LogP contribution in [0.1, 0.15) is 30.5 Å². The Morgan fingerprint density at radius 2 is 1.90 bits per heavy atom. The van der Waals surface area contributed by atoms with Crippen molar-refractivity contribution in [2.75, 3.05) is 0 Å². The molecule has 1 unspecified atom stereocenters. The molecule has 1 aromatic heterocycles. The average molecular weight is 425 g/mol. The predicted molar refractivity (Wildman–Crippen MR) is 116 cm³/mol. The lowest BCUT2D eigenvalue weighted by atomic mass is 10.0. The fourth-order valence-electron chi connectivity index (χ4n) is 3.24. The Labute approximate surface area is 180 Å². The SMILES string of the molecule is CC(C)OC(Cc1cccc(CNC(=O)OCc2ccc3ncn(C)c3c2)c1)C(=O)O. The van der Waals surface area contributed by atoms with Gasteiger partial charge in [0.15, 0.2) is 6.10 Å². The maximum absolute atomic E-state index is 12.1. The molecule has 0 bridgehead atoms. The first-order valence-electron chi connectivity index (χ1n) is 10.1. The number of imidazole rings is 1. The number of hydrogen-bond donors (Lipinski definition) is 2. The van der Waals surface area contributed by atoms with Gasteiger partial charge in [0.25, 0.3) is 0 Å². The van der Waals surface area contributed by atoms with Crippen molar-refractivity contribution in [2.45, 2.75) is 45.6 Å². The van der Waals surface area contributed by atoms with Gasteiger partial charge in [0.2, 0.25) is 0 Å². The van der Waals surface area contributed by atoms with Crippen molar-refractivity contribution >= 4 is 23.1 Å². The summed E-state index contributed by atoms with van der Waals surface area (Å²) in [4.78, 5) is 27.8. The number of fused-ring (bicyclic) bond motifs is 1. The lowest BCUT2D eigenvalue weighted by Gasteiger charge is -2.17. The number of carbonyl (C=O) groups excluding carboxylic acids is 1. The summed E-state index contributed by atoms with van der Waals surface area (Å²) in [5, 5.41) is 12.1. The predicted octanol–water partition coefficient (Wildman–Crippen LogP) is 3.42. The van der Waals surface area contributed by atoms with Crippen LogP contribution in [0.5, 0.6) is 0 Å². The third kappa shape index (κ3) is 6.29. The summed E-state index contributed by atoms with van der Waals surface area (Å²) in [6.07, 6.45) is 0.373. The topological polar surface area (TPSA) is 103 Å². The number of amides is 1. The zero-order chi connectivity index (χ0) is 22.4. The molecular formula is C23H27N3O5. The number of aryl methyl sites for hydroxylation is 1. The van der Waals surface area contributed by atoms with Crippen LogP contribution in [0.3, 0.4) is 0 Å². The number of rotatable bonds is 9. The van der Waals surface area contributed by atoms with E-state index in [2.05, 4.69) is 10.3 Å². The first kappa shape index (κ1) is 22.3. The van der Waals surface area contributed by atoms with Crippen molar-refractivity contribution in [1.29, 1.82) is 0 Å². The highest BCUT2D eigenvalue weighted by Gasteiger charge is 2.20. The maximum Gasteiger partial charge on any atom is 0.407 e. The number of aromatic nitrogens is 2. The summed E-state index contributed by atoms with van der Waals surface area (Å²) in [7, 11) is 1.91. The van der Waals surface area contributed by atoms with Crippen molar-refractivity contribution < 1.29 is 24.2 Å². The van der Waals surface area contributed by atoms with Crippen LogP contribution in [0, 0.1) is 0 Å². The molecule has 3 rings (SSSR count). The zero-order valence-corrected chi connectivity index (χ0v) is 17.9. The number of carbonyl (C=O) groups is 2. The number of alkyl carbamates (subject to hydrolysis) is 1. The molecule has 1 heterocycles. The highest BCUT2D eigenvalue weighted by atomic mass is 16.5. The third-order valence-corrected chi connectivity index (χ3v) is 4.72. The molecule has 0 aliphatic carbocycles. The Morgan fingerprint density at radius 3 is 2.65 bits per heavy atom. The van der Waals surface area contributed by atoms with E-state index in [1.807, 2.05) is 54.1 Å². The number of benzene rings is 2. The quantitative estimate of drug-likeness (QED) is 0.545. The molecule has 2 aromatic carbocycles. The number of carboxylic acids is 1. The van der Waals surface area contributed by atoms with Crippen molar-refractivity contribution in [3.05, 3.63) is 65.5 Å². The van der Waals surface area contributed by atoms with E-state index < -0.39 is 18.2 Å². The summed E-state index contributed by atoms with van der Waals surface area (Å²) < 4.78 is 12.7. The molecule has 1 amide bonds.